The molecule has 1 saturated carbocycles. The van der Waals surface area contributed by atoms with Crippen LogP contribution in [-0.4, -0.2) is 53.5 Å². The summed E-state index contributed by atoms with van der Waals surface area (Å²) in [6.07, 6.45) is 6.54. The van der Waals surface area contributed by atoms with Crippen molar-refractivity contribution in [3.63, 3.8) is 0 Å². The molecule has 4 heteroatoms. The maximum absolute atomic E-state index is 6.17. The molecule has 1 aliphatic carbocycles. The fourth-order valence-corrected chi connectivity index (χ4v) is 3.63. The molecular formula is C15H28N4. The fraction of sp³-hybridized carbons (Fsp3) is 0.933. The predicted molar refractivity (Wildman–Crippen MR) is 79.2 cm³/mol. The van der Waals surface area contributed by atoms with Gasteiger partial charge >= 0.3 is 0 Å². The number of rotatable bonds is 3. The van der Waals surface area contributed by atoms with Gasteiger partial charge in [-0.2, -0.15) is 0 Å². The van der Waals surface area contributed by atoms with Crippen molar-refractivity contribution in [3.8, 4) is 0 Å². The van der Waals surface area contributed by atoms with E-state index in [4.69, 9.17) is 5.73 Å². The van der Waals surface area contributed by atoms with Crippen molar-refractivity contribution < 1.29 is 0 Å². The average molecular weight is 264 g/mol. The SMILES string of the molecule is CC(C)N1CCCC2(CC1)CN=C(N)N2CC1CC1. The Morgan fingerprint density at radius 2 is 2.11 bits per heavy atom. The number of nitrogens with zero attached hydrogens (tertiary/aromatic N) is 3. The fourth-order valence-electron chi connectivity index (χ4n) is 3.63. The molecule has 0 aromatic carbocycles. The van der Waals surface area contributed by atoms with Crippen LogP contribution in [0, 0.1) is 5.92 Å². The van der Waals surface area contributed by atoms with Crippen LogP contribution in [0.4, 0.5) is 0 Å². The van der Waals surface area contributed by atoms with E-state index in [0.29, 0.717) is 6.04 Å². The highest BCUT2D eigenvalue weighted by atomic mass is 15.4. The number of guanidine groups is 1. The molecule has 1 saturated heterocycles. The van der Waals surface area contributed by atoms with Gasteiger partial charge in [0.15, 0.2) is 5.96 Å². The number of nitrogens with two attached hydrogens (primary N) is 1. The summed E-state index contributed by atoms with van der Waals surface area (Å²) in [6.45, 7) is 9.12. The number of hydrogen-bond donors (Lipinski definition) is 1. The van der Waals surface area contributed by atoms with Crippen molar-refractivity contribution in [1.82, 2.24) is 9.80 Å². The van der Waals surface area contributed by atoms with Crippen LogP contribution in [0.25, 0.3) is 0 Å². The maximum Gasteiger partial charge on any atom is 0.191 e. The van der Waals surface area contributed by atoms with Crippen LogP contribution in [0.5, 0.6) is 0 Å². The minimum atomic E-state index is 0.246. The summed E-state index contributed by atoms with van der Waals surface area (Å²) in [5, 5.41) is 0. The van der Waals surface area contributed by atoms with Gasteiger partial charge in [0.2, 0.25) is 0 Å². The maximum atomic E-state index is 6.17. The third kappa shape index (κ3) is 2.60. The van der Waals surface area contributed by atoms with E-state index in [1.165, 1.54) is 45.2 Å². The quantitative estimate of drug-likeness (QED) is 0.843. The molecule has 2 aliphatic heterocycles. The molecule has 1 spiro atoms. The van der Waals surface area contributed by atoms with Crippen LogP contribution in [0.15, 0.2) is 4.99 Å². The molecular weight excluding hydrogens is 236 g/mol. The zero-order valence-electron chi connectivity index (χ0n) is 12.4. The van der Waals surface area contributed by atoms with E-state index in [2.05, 4.69) is 28.6 Å². The molecule has 0 aromatic heterocycles. The molecule has 0 bridgehead atoms. The van der Waals surface area contributed by atoms with E-state index >= 15 is 0 Å². The molecule has 4 nitrogen and oxygen atoms in total. The van der Waals surface area contributed by atoms with Gasteiger partial charge in [0.25, 0.3) is 0 Å². The summed E-state index contributed by atoms with van der Waals surface area (Å²) >= 11 is 0. The molecule has 19 heavy (non-hydrogen) atoms. The van der Waals surface area contributed by atoms with E-state index in [-0.39, 0.29) is 5.54 Å². The summed E-state index contributed by atoms with van der Waals surface area (Å²) in [6, 6.07) is 0.659. The lowest BCUT2D eigenvalue weighted by atomic mass is 9.89. The molecule has 1 unspecified atom stereocenters. The van der Waals surface area contributed by atoms with Gasteiger partial charge in [-0.1, -0.05) is 0 Å². The van der Waals surface area contributed by atoms with E-state index in [1.807, 2.05) is 0 Å². The predicted octanol–water partition coefficient (Wildman–Crippen LogP) is 1.66. The summed E-state index contributed by atoms with van der Waals surface area (Å²) in [5.41, 5.74) is 6.41. The van der Waals surface area contributed by atoms with Gasteiger partial charge in [-0.15, -0.1) is 0 Å². The highest BCUT2D eigenvalue weighted by Crippen LogP contribution is 2.38. The normalized spacial score (nSPS) is 33.0. The molecule has 2 heterocycles. The van der Waals surface area contributed by atoms with Crippen molar-refractivity contribution in [1.29, 1.82) is 0 Å². The zero-order valence-corrected chi connectivity index (χ0v) is 12.4. The first-order chi connectivity index (χ1) is 9.11. The average Bonchev–Trinajstić information content (AvgIpc) is 3.15. The van der Waals surface area contributed by atoms with Gasteiger partial charge in [-0.05, 0) is 58.4 Å². The smallest absolute Gasteiger partial charge is 0.191 e. The van der Waals surface area contributed by atoms with E-state index in [0.717, 1.165) is 25.0 Å². The van der Waals surface area contributed by atoms with Gasteiger partial charge in [-0.25, -0.2) is 0 Å². The Bertz CT molecular complexity index is 361. The Morgan fingerprint density at radius 1 is 1.32 bits per heavy atom. The van der Waals surface area contributed by atoms with Crippen molar-refractivity contribution >= 4 is 5.96 Å². The van der Waals surface area contributed by atoms with Crippen molar-refractivity contribution in [3.05, 3.63) is 0 Å². The lowest BCUT2D eigenvalue weighted by Gasteiger charge is -2.39. The molecule has 108 valence electrons. The summed E-state index contributed by atoms with van der Waals surface area (Å²) in [7, 11) is 0. The van der Waals surface area contributed by atoms with Crippen molar-refractivity contribution in [2.45, 2.75) is 57.5 Å². The van der Waals surface area contributed by atoms with Gasteiger partial charge < -0.3 is 15.5 Å². The van der Waals surface area contributed by atoms with Crippen LogP contribution in [0.3, 0.4) is 0 Å². The highest BCUT2D eigenvalue weighted by molar-refractivity contribution is 5.81. The lowest BCUT2D eigenvalue weighted by molar-refractivity contribution is 0.160. The van der Waals surface area contributed by atoms with Crippen LogP contribution < -0.4 is 5.73 Å². The molecule has 1 atom stereocenters. The third-order valence-corrected chi connectivity index (χ3v) is 5.20. The highest BCUT2D eigenvalue weighted by Gasteiger charge is 2.44. The van der Waals surface area contributed by atoms with Crippen molar-refractivity contribution in [2.24, 2.45) is 16.6 Å². The van der Waals surface area contributed by atoms with Crippen LogP contribution in [0.1, 0.15) is 46.0 Å². The number of hydrogen-bond acceptors (Lipinski definition) is 4. The summed E-state index contributed by atoms with van der Waals surface area (Å²) < 4.78 is 0. The summed E-state index contributed by atoms with van der Waals surface area (Å²) in [4.78, 5) is 9.67. The second-order valence-electron chi connectivity index (χ2n) is 6.94. The zero-order chi connectivity index (χ0) is 13.5. The number of aliphatic imine (C=N–C) groups is 1. The van der Waals surface area contributed by atoms with Crippen molar-refractivity contribution in [2.75, 3.05) is 26.2 Å². The van der Waals surface area contributed by atoms with E-state index < -0.39 is 0 Å². The minimum Gasteiger partial charge on any atom is -0.370 e. The Hall–Kier alpha value is -0.770. The first-order valence-electron chi connectivity index (χ1n) is 7.92. The topological polar surface area (TPSA) is 44.9 Å². The molecule has 0 radical (unpaired) electrons. The molecule has 3 aliphatic rings. The van der Waals surface area contributed by atoms with Crippen LogP contribution >= 0.6 is 0 Å². The largest absolute Gasteiger partial charge is 0.370 e. The van der Waals surface area contributed by atoms with Gasteiger partial charge in [0.05, 0.1) is 12.1 Å². The van der Waals surface area contributed by atoms with E-state index in [9.17, 15) is 0 Å². The summed E-state index contributed by atoms with van der Waals surface area (Å²) in [5.74, 6) is 1.69. The molecule has 2 N–H and O–H groups in total. The van der Waals surface area contributed by atoms with Gasteiger partial charge in [0, 0.05) is 19.1 Å². The van der Waals surface area contributed by atoms with E-state index in [1.54, 1.807) is 0 Å². The minimum absolute atomic E-state index is 0.246. The molecule has 3 rings (SSSR count). The Balaban J connectivity index is 1.71. The monoisotopic (exact) mass is 264 g/mol. The Labute approximate surface area is 117 Å². The number of likely N-dealkylation sites (tertiary alicyclic amines) is 1. The molecule has 2 fully saturated rings. The first kappa shape index (κ1) is 13.2. The molecule has 0 amide bonds. The first-order valence-corrected chi connectivity index (χ1v) is 7.92. The van der Waals surface area contributed by atoms with Gasteiger partial charge in [0.1, 0.15) is 0 Å². The lowest BCUT2D eigenvalue weighted by Crippen LogP contribution is -2.53. The third-order valence-electron chi connectivity index (χ3n) is 5.20. The van der Waals surface area contributed by atoms with Crippen LogP contribution in [-0.2, 0) is 0 Å². The van der Waals surface area contributed by atoms with Crippen LogP contribution in [0.2, 0.25) is 0 Å². The standard InChI is InChI=1S/C15H28N4/c1-12(2)18-8-3-6-15(7-9-18)11-17-14(16)19(15)10-13-4-5-13/h12-13H,3-11H2,1-2H3,(H2,16,17). The second-order valence-corrected chi connectivity index (χ2v) is 6.94. The van der Waals surface area contributed by atoms with Gasteiger partial charge in [-0.3, -0.25) is 4.99 Å². The Kier molecular flexibility index (Phi) is 3.46. The molecule has 0 aromatic rings. The second kappa shape index (κ2) is 4.97. The Morgan fingerprint density at radius 3 is 2.79 bits per heavy atom.